The quantitative estimate of drug-likeness (QED) is 0.669. The van der Waals surface area contributed by atoms with Gasteiger partial charge in [0.1, 0.15) is 10.6 Å². The maximum absolute atomic E-state index is 13.2. The van der Waals surface area contributed by atoms with Crippen LogP contribution in [0.15, 0.2) is 23.1 Å². The number of piperidine rings is 1. The van der Waals surface area contributed by atoms with Gasteiger partial charge < -0.3 is 14.8 Å². The van der Waals surface area contributed by atoms with E-state index >= 15 is 0 Å². The Balaban J connectivity index is 1.83. The lowest BCUT2D eigenvalue weighted by Gasteiger charge is -2.34. The van der Waals surface area contributed by atoms with Gasteiger partial charge in [-0.2, -0.15) is 4.31 Å². The number of amides is 1. The second-order valence-corrected chi connectivity index (χ2v) is 9.55. The van der Waals surface area contributed by atoms with Crippen LogP contribution in [-0.4, -0.2) is 75.6 Å². The van der Waals surface area contributed by atoms with Crippen molar-refractivity contribution >= 4 is 21.6 Å². The summed E-state index contributed by atoms with van der Waals surface area (Å²) in [5, 5.41) is 2.94. The lowest BCUT2D eigenvalue weighted by atomic mass is 10.0. The summed E-state index contributed by atoms with van der Waals surface area (Å²) in [7, 11) is -3.75. The Morgan fingerprint density at radius 2 is 1.97 bits per heavy atom. The minimum atomic E-state index is -3.75. The number of hydrogen-bond donors (Lipinski definition) is 1. The molecule has 9 heteroatoms. The summed E-state index contributed by atoms with van der Waals surface area (Å²) in [5.41, 5.74) is 0.470. The van der Waals surface area contributed by atoms with Gasteiger partial charge in [-0.1, -0.05) is 13.3 Å². The first kappa shape index (κ1) is 23.0. The summed E-state index contributed by atoms with van der Waals surface area (Å²) < 4.78 is 38.7. The molecule has 2 saturated heterocycles. The summed E-state index contributed by atoms with van der Waals surface area (Å²) in [4.78, 5) is 15.3. The van der Waals surface area contributed by atoms with E-state index in [4.69, 9.17) is 9.47 Å². The number of nitrogens with zero attached hydrogens (tertiary/aromatic N) is 2. The van der Waals surface area contributed by atoms with E-state index in [1.54, 1.807) is 12.1 Å². The molecule has 2 aliphatic rings. The first-order valence-electron chi connectivity index (χ1n) is 10.9. The Morgan fingerprint density at radius 1 is 1.20 bits per heavy atom. The summed E-state index contributed by atoms with van der Waals surface area (Å²) in [5.74, 6) is 0.217. The number of benzene rings is 1. The molecule has 1 aromatic carbocycles. The first-order valence-corrected chi connectivity index (χ1v) is 12.3. The topological polar surface area (TPSA) is 88.2 Å². The highest BCUT2D eigenvalue weighted by Gasteiger charge is 2.31. The first-order chi connectivity index (χ1) is 14.5. The van der Waals surface area contributed by atoms with Gasteiger partial charge in [0.25, 0.3) is 0 Å². The average Bonchev–Trinajstić information content (AvgIpc) is 2.76. The maximum Gasteiger partial charge on any atom is 0.246 e. The molecule has 2 aliphatic heterocycles. The highest BCUT2D eigenvalue weighted by molar-refractivity contribution is 7.89. The zero-order valence-corrected chi connectivity index (χ0v) is 18.7. The lowest BCUT2D eigenvalue weighted by Crippen LogP contribution is -2.47. The number of morpholine rings is 1. The van der Waals surface area contributed by atoms with Crippen molar-refractivity contribution in [1.82, 2.24) is 9.21 Å². The molecule has 2 heterocycles. The van der Waals surface area contributed by atoms with Crippen LogP contribution in [0.4, 0.5) is 5.69 Å². The van der Waals surface area contributed by atoms with Crippen LogP contribution >= 0.6 is 0 Å². The van der Waals surface area contributed by atoms with Crippen LogP contribution in [0.2, 0.25) is 0 Å². The summed E-state index contributed by atoms with van der Waals surface area (Å²) in [6.45, 7) is 7.43. The molecule has 30 heavy (non-hydrogen) atoms. The van der Waals surface area contributed by atoms with E-state index in [1.807, 2.05) is 6.92 Å². The second-order valence-electron chi connectivity index (χ2n) is 7.65. The number of carbonyl (C=O) groups is 1. The van der Waals surface area contributed by atoms with Gasteiger partial charge in [-0.25, -0.2) is 8.42 Å². The van der Waals surface area contributed by atoms with Crippen LogP contribution in [0.3, 0.4) is 0 Å². The normalized spacial score (nSPS) is 21.3. The Labute approximate surface area is 179 Å². The van der Waals surface area contributed by atoms with Crippen LogP contribution in [0, 0.1) is 0 Å². The molecule has 3 rings (SSSR count). The SMILES string of the molecule is CCCN1CCCCC1C(=O)Nc1ccc(OCC)c(S(=O)(=O)N2CCOCC2)c1. The average molecular weight is 440 g/mol. The molecular formula is C21H33N3O5S. The molecule has 8 nitrogen and oxygen atoms in total. The number of likely N-dealkylation sites (tertiary alicyclic amines) is 1. The van der Waals surface area contributed by atoms with E-state index in [1.165, 1.54) is 10.4 Å². The number of anilines is 1. The number of rotatable bonds is 8. The van der Waals surface area contributed by atoms with Crippen LogP contribution in [0.5, 0.6) is 5.75 Å². The Kier molecular flexibility index (Phi) is 8.10. The standard InChI is InChI=1S/C21H33N3O5S/c1-3-10-23-11-6-5-7-18(23)21(25)22-17-8-9-19(29-4-2)20(16-17)30(26,27)24-12-14-28-15-13-24/h8-9,16,18H,3-7,10-15H2,1-2H3,(H,22,25). The van der Waals surface area contributed by atoms with Crippen molar-refractivity contribution in [3.63, 3.8) is 0 Å². The molecular weight excluding hydrogens is 406 g/mol. The monoisotopic (exact) mass is 439 g/mol. The van der Waals surface area contributed by atoms with Gasteiger partial charge in [-0.3, -0.25) is 9.69 Å². The van der Waals surface area contributed by atoms with E-state index in [0.717, 1.165) is 38.8 Å². The highest BCUT2D eigenvalue weighted by atomic mass is 32.2. The largest absolute Gasteiger partial charge is 0.492 e. The Morgan fingerprint density at radius 3 is 2.67 bits per heavy atom. The number of ether oxygens (including phenoxy) is 2. The van der Waals surface area contributed by atoms with Crippen LogP contribution < -0.4 is 10.1 Å². The Bertz CT molecular complexity index is 822. The van der Waals surface area contributed by atoms with Gasteiger partial charge >= 0.3 is 0 Å². The zero-order valence-electron chi connectivity index (χ0n) is 17.9. The van der Waals surface area contributed by atoms with Crippen molar-refractivity contribution in [1.29, 1.82) is 0 Å². The van der Waals surface area contributed by atoms with Crippen molar-refractivity contribution in [3.8, 4) is 5.75 Å². The zero-order chi connectivity index (χ0) is 21.6. The molecule has 0 bridgehead atoms. The third kappa shape index (κ3) is 5.32. The molecule has 1 aromatic rings. The fourth-order valence-electron chi connectivity index (χ4n) is 4.06. The minimum Gasteiger partial charge on any atom is -0.492 e. The number of hydrogen-bond acceptors (Lipinski definition) is 6. The van der Waals surface area contributed by atoms with Crippen molar-refractivity contribution < 1.29 is 22.7 Å². The Hall–Kier alpha value is -1.68. The molecule has 0 aromatic heterocycles. The summed E-state index contributed by atoms with van der Waals surface area (Å²) in [6, 6.07) is 4.66. The fourth-order valence-corrected chi connectivity index (χ4v) is 5.62. The smallest absolute Gasteiger partial charge is 0.246 e. The molecule has 1 N–H and O–H groups in total. The summed E-state index contributed by atoms with van der Waals surface area (Å²) in [6.07, 6.45) is 3.95. The lowest BCUT2D eigenvalue weighted by molar-refractivity contribution is -0.122. The highest BCUT2D eigenvalue weighted by Crippen LogP contribution is 2.31. The number of sulfonamides is 1. The third-order valence-corrected chi connectivity index (χ3v) is 7.45. The van der Waals surface area contributed by atoms with Gasteiger partial charge in [-0.05, 0) is 57.5 Å². The molecule has 0 radical (unpaired) electrons. The van der Waals surface area contributed by atoms with E-state index in [9.17, 15) is 13.2 Å². The van der Waals surface area contributed by atoms with Gasteiger partial charge in [0.15, 0.2) is 0 Å². The predicted octanol–water partition coefficient (Wildman–Crippen LogP) is 2.31. The van der Waals surface area contributed by atoms with Gasteiger partial charge in [0, 0.05) is 18.8 Å². The third-order valence-electron chi connectivity index (χ3n) is 5.53. The van der Waals surface area contributed by atoms with Crippen LogP contribution in [0.25, 0.3) is 0 Å². The molecule has 1 amide bonds. The minimum absolute atomic E-state index is 0.0815. The van der Waals surface area contributed by atoms with Crippen molar-refractivity contribution in [2.45, 2.75) is 50.5 Å². The van der Waals surface area contributed by atoms with Crippen molar-refractivity contribution in [2.75, 3.05) is 51.3 Å². The van der Waals surface area contributed by atoms with E-state index < -0.39 is 10.0 Å². The second kappa shape index (κ2) is 10.6. The van der Waals surface area contributed by atoms with Crippen LogP contribution in [-0.2, 0) is 19.6 Å². The molecule has 0 spiro atoms. The molecule has 1 atom stereocenters. The van der Waals surface area contributed by atoms with Gasteiger partial charge in [0.05, 0.1) is 25.9 Å². The fraction of sp³-hybridized carbons (Fsp3) is 0.667. The maximum atomic E-state index is 13.2. The molecule has 0 saturated carbocycles. The predicted molar refractivity (Wildman–Crippen MR) is 115 cm³/mol. The van der Waals surface area contributed by atoms with Crippen molar-refractivity contribution in [3.05, 3.63) is 18.2 Å². The van der Waals surface area contributed by atoms with Crippen LogP contribution in [0.1, 0.15) is 39.5 Å². The number of nitrogens with one attached hydrogen (secondary N) is 1. The molecule has 2 fully saturated rings. The van der Waals surface area contributed by atoms with Gasteiger partial charge in [-0.15, -0.1) is 0 Å². The van der Waals surface area contributed by atoms with Crippen molar-refractivity contribution in [2.24, 2.45) is 0 Å². The molecule has 168 valence electrons. The van der Waals surface area contributed by atoms with E-state index in [2.05, 4.69) is 17.1 Å². The number of carbonyl (C=O) groups excluding carboxylic acids is 1. The molecule has 1 unspecified atom stereocenters. The summed E-state index contributed by atoms with van der Waals surface area (Å²) >= 11 is 0. The van der Waals surface area contributed by atoms with Gasteiger partial charge in [0.2, 0.25) is 15.9 Å². The molecule has 0 aliphatic carbocycles. The van der Waals surface area contributed by atoms with E-state index in [-0.39, 0.29) is 16.8 Å². The van der Waals surface area contributed by atoms with E-state index in [0.29, 0.717) is 44.3 Å².